The van der Waals surface area contributed by atoms with E-state index in [1.54, 1.807) is 18.7 Å². The Kier molecular flexibility index (Phi) is 6.42. The molecule has 1 saturated heterocycles. The topological polar surface area (TPSA) is 84.9 Å². The first kappa shape index (κ1) is 20.4. The minimum absolute atomic E-state index is 0.232. The van der Waals surface area contributed by atoms with E-state index in [4.69, 9.17) is 9.47 Å². The van der Waals surface area contributed by atoms with E-state index in [9.17, 15) is 14.4 Å². The molecule has 2 amide bonds. The number of nitrogens with one attached hydrogen (secondary N) is 1. The Bertz CT molecular complexity index is 702. The quantitative estimate of drug-likeness (QED) is 0.576. The van der Waals surface area contributed by atoms with Crippen LogP contribution in [0.2, 0.25) is 0 Å². The normalized spacial score (nSPS) is 21.4. The molecule has 1 spiro atoms. The van der Waals surface area contributed by atoms with E-state index in [0.717, 1.165) is 19.3 Å². The molecule has 7 heteroatoms. The maximum Gasteiger partial charge on any atom is 0.409 e. The SMILES string of the molecule is CCOC(=O)N1CCC2(CC1)OC(=O)C(C)=C2C(=O)NCCC1=CCCCC1. The maximum absolute atomic E-state index is 12.9. The summed E-state index contributed by atoms with van der Waals surface area (Å²) in [7, 11) is 0. The van der Waals surface area contributed by atoms with Crippen molar-refractivity contribution in [3.8, 4) is 0 Å². The lowest BCUT2D eigenvalue weighted by molar-refractivity contribution is -0.150. The number of rotatable bonds is 5. The minimum Gasteiger partial charge on any atom is -0.450 e. The van der Waals surface area contributed by atoms with Crippen LogP contribution in [0.3, 0.4) is 0 Å². The summed E-state index contributed by atoms with van der Waals surface area (Å²) in [4.78, 5) is 38.7. The molecule has 3 rings (SSSR count). The Morgan fingerprint density at radius 3 is 2.68 bits per heavy atom. The predicted molar refractivity (Wildman–Crippen MR) is 104 cm³/mol. The molecule has 1 fully saturated rings. The van der Waals surface area contributed by atoms with E-state index in [-0.39, 0.29) is 12.0 Å². The van der Waals surface area contributed by atoms with Crippen molar-refractivity contribution in [2.45, 2.75) is 64.4 Å². The summed E-state index contributed by atoms with van der Waals surface area (Å²) >= 11 is 0. The summed E-state index contributed by atoms with van der Waals surface area (Å²) in [6, 6.07) is 0. The predicted octanol–water partition coefficient (Wildman–Crippen LogP) is 2.86. The van der Waals surface area contributed by atoms with Gasteiger partial charge in [-0.1, -0.05) is 11.6 Å². The number of ether oxygens (including phenoxy) is 2. The monoisotopic (exact) mass is 390 g/mol. The average Bonchev–Trinajstić information content (AvgIpc) is 2.93. The van der Waals surface area contributed by atoms with Gasteiger partial charge in [-0.05, 0) is 46.0 Å². The number of nitrogens with zero attached hydrogens (tertiary/aromatic N) is 1. The molecule has 0 atom stereocenters. The molecule has 2 aliphatic heterocycles. The summed E-state index contributed by atoms with van der Waals surface area (Å²) in [5, 5.41) is 2.97. The average molecular weight is 390 g/mol. The number of esters is 1. The standard InChI is InChI=1S/C21H30N2O5/c1-3-27-20(26)23-13-10-21(11-14-23)17(15(2)19(25)28-21)18(24)22-12-9-16-7-5-4-6-8-16/h7H,3-6,8-14H2,1-2H3,(H,22,24). The zero-order valence-electron chi connectivity index (χ0n) is 16.8. The Morgan fingerprint density at radius 2 is 2.04 bits per heavy atom. The second kappa shape index (κ2) is 8.80. The summed E-state index contributed by atoms with van der Waals surface area (Å²) in [5.74, 6) is -0.672. The van der Waals surface area contributed by atoms with E-state index in [1.807, 2.05) is 0 Å². The van der Waals surface area contributed by atoms with Crippen LogP contribution in [0, 0.1) is 0 Å². The van der Waals surface area contributed by atoms with Crippen LogP contribution in [0.4, 0.5) is 4.79 Å². The lowest BCUT2D eigenvalue weighted by Gasteiger charge is -2.38. The molecular formula is C21H30N2O5. The zero-order valence-corrected chi connectivity index (χ0v) is 16.8. The van der Waals surface area contributed by atoms with Gasteiger partial charge in [0.1, 0.15) is 5.60 Å². The number of piperidine rings is 1. The Morgan fingerprint density at radius 1 is 1.29 bits per heavy atom. The van der Waals surface area contributed by atoms with Crippen molar-refractivity contribution in [1.29, 1.82) is 0 Å². The Hall–Kier alpha value is -2.31. The highest BCUT2D eigenvalue weighted by atomic mass is 16.6. The van der Waals surface area contributed by atoms with Gasteiger partial charge in [-0.2, -0.15) is 0 Å². The van der Waals surface area contributed by atoms with Crippen molar-refractivity contribution in [2.24, 2.45) is 0 Å². The lowest BCUT2D eigenvalue weighted by atomic mass is 9.83. The van der Waals surface area contributed by atoms with E-state index in [2.05, 4.69) is 11.4 Å². The van der Waals surface area contributed by atoms with Gasteiger partial charge in [0.05, 0.1) is 12.2 Å². The van der Waals surface area contributed by atoms with Crippen molar-refractivity contribution in [3.63, 3.8) is 0 Å². The van der Waals surface area contributed by atoms with Gasteiger partial charge in [-0.3, -0.25) is 4.79 Å². The number of carbonyl (C=O) groups excluding carboxylic acids is 3. The van der Waals surface area contributed by atoms with Gasteiger partial charge < -0.3 is 19.7 Å². The molecule has 1 aliphatic carbocycles. The summed E-state index contributed by atoms with van der Waals surface area (Å²) < 4.78 is 10.7. The summed E-state index contributed by atoms with van der Waals surface area (Å²) in [6.07, 6.45) is 8.24. The third-order valence-corrected chi connectivity index (χ3v) is 5.87. The van der Waals surface area contributed by atoms with E-state index >= 15 is 0 Å². The molecule has 0 aromatic rings. The Labute approximate surface area is 166 Å². The van der Waals surface area contributed by atoms with Crippen LogP contribution < -0.4 is 5.32 Å². The van der Waals surface area contributed by atoms with Gasteiger partial charge in [0, 0.05) is 38.0 Å². The fourth-order valence-corrected chi connectivity index (χ4v) is 4.30. The largest absolute Gasteiger partial charge is 0.450 e. The molecule has 0 aromatic carbocycles. The molecule has 2 heterocycles. The van der Waals surface area contributed by atoms with Crippen LogP contribution in [0.25, 0.3) is 0 Å². The molecule has 3 aliphatic rings. The third-order valence-electron chi connectivity index (χ3n) is 5.87. The zero-order chi connectivity index (χ0) is 20.1. The van der Waals surface area contributed by atoms with Gasteiger partial charge >= 0.3 is 12.1 Å². The van der Waals surface area contributed by atoms with Gasteiger partial charge in [-0.25, -0.2) is 9.59 Å². The number of amides is 2. The highest BCUT2D eigenvalue weighted by Gasteiger charge is 2.51. The molecule has 0 unspecified atom stereocenters. The van der Waals surface area contributed by atoms with E-state index < -0.39 is 11.6 Å². The van der Waals surface area contributed by atoms with Crippen LogP contribution in [0.1, 0.15) is 58.8 Å². The third kappa shape index (κ3) is 4.23. The number of hydrogen-bond acceptors (Lipinski definition) is 5. The van der Waals surface area contributed by atoms with Gasteiger partial charge in [0.15, 0.2) is 0 Å². The molecule has 28 heavy (non-hydrogen) atoms. The van der Waals surface area contributed by atoms with Crippen molar-refractivity contribution >= 4 is 18.0 Å². The van der Waals surface area contributed by atoms with Crippen molar-refractivity contribution < 1.29 is 23.9 Å². The Balaban J connectivity index is 1.63. The highest BCUT2D eigenvalue weighted by molar-refractivity contribution is 6.07. The van der Waals surface area contributed by atoms with Crippen LogP contribution in [-0.4, -0.2) is 54.7 Å². The number of hydrogen-bond donors (Lipinski definition) is 1. The number of likely N-dealkylation sites (tertiary alicyclic amines) is 1. The van der Waals surface area contributed by atoms with E-state index in [0.29, 0.717) is 50.2 Å². The molecular weight excluding hydrogens is 360 g/mol. The van der Waals surface area contributed by atoms with Crippen LogP contribution >= 0.6 is 0 Å². The van der Waals surface area contributed by atoms with E-state index in [1.165, 1.54) is 18.4 Å². The van der Waals surface area contributed by atoms with Gasteiger partial charge in [0.2, 0.25) is 0 Å². The van der Waals surface area contributed by atoms with Gasteiger partial charge in [-0.15, -0.1) is 0 Å². The fourth-order valence-electron chi connectivity index (χ4n) is 4.30. The van der Waals surface area contributed by atoms with Gasteiger partial charge in [0.25, 0.3) is 5.91 Å². The molecule has 0 saturated carbocycles. The number of carbonyl (C=O) groups is 3. The fraction of sp³-hybridized carbons (Fsp3) is 0.667. The highest BCUT2D eigenvalue weighted by Crippen LogP contribution is 2.41. The maximum atomic E-state index is 12.9. The molecule has 154 valence electrons. The van der Waals surface area contributed by atoms with Crippen LogP contribution in [0.15, 0.2) is 22.8 Å². The smallest absolute Gasteiger partial charge is 0.409 e. The van der Waals surface area contributed by atoms with Crippen LogP contribution in [0.5, 0.6) is 0 Å². The van der Waals surface area contributed by atoms with Crippen molar-refractivity contribution in [3.05, 3.63) is 22.8 Å². The minimum atomic E-state index is -0.932. The lowest BCUT2D eigenvalue weighted by Crippen LogP contribution is -2.50. The second-order valence-electron chi connectivity index (χ2n) is 7.68. The molecule has 1 N–H and O–H groups in total. The molecule has 7 nitrogen and oxygen atoms in total. The number of allylic oxidation sites excluding steroid dienone is 1. The molecule has 0 aromatic heterocycles. The molecule has 0 bridgehead atoms. The van der Waals surface area contributed by atoms with Crippen LogP contribution in [-0.2, 0) is 19.1 Å². The van der Waals surface area contributed by atoms with Crippen molar-refractivity contribution in [1.82, 2.24) is 10.2 Å². The first-order chi connectivity index (χ1) is 13.5. The summed E-state index contributed by atoms with van der Waals surface area (Å²) in [5.41, 5.74) is 1.27. The van der Waals surface area contributed by atoms with Crippen molar-refractivity contribution in [2.75, 3.05) is 26.2 Å². The summed E-state index contributed by atoms with van der Waals surface area (Å²) in [6.45, 7) is 5.07. The molecule has 0 radical (unpaired) electrons. The first-order valence-electron chi connectivity index (χ1n) is 10.3. The first-order valence-corrected chi connectivity index (χ1v) is 10.3. The second-order valence-corrected chi connectivity index (χ2v) is 7.68.